The highest BCUT2D eigenvalue weighted by Crippen LogP contribution is 2.22. The molecular formula is C12H13BrN4S. The average molecular weight is 325 g/mol. The van der Waals surface area contributed by atoms with E-state index < -0.39 is 0 Å². The molecule has 0 aliphatic rings. The van der Waals surface area contributed by atoms with E-state index >= 15 is 0 Å². The molecule has 4 nitrogen and oxygen atoms in total. The summed E-state index contributed by atoms with van der Waals surface area (Å²) in [6.45, 7) is 0.808. The van der Waals surface area contributed by atoms with E-state index in [2.05, 4.69) is 37.3 Å². The van der Waals surface area contributed by atoms with Crippen molar-refractivity contribution in [2.24, 2.45) is 5.73 Å². The van der Waals surface area contributed by atoms with E-state index in [-0.39, 0.29) is 5.84 Å². The van der Waals surface area contributed by atoms with Gasteiger partial charge in [-0.3, -0.25) is 5.41 Å². The molecule has 0 bridgehead atoms. The molecule has 0 radical (unpaired) electrons. The van der Waals surface area contributed by atoms with Crippen molar-refractivity contribution in [1.29, 1.82) is 5.41 Å². The van der Waals surface area contributed by atoms with Gasteiger partial charge in [-0.25, -0.2) is 4.98 Å². The van der Waals surface area contributed by atoms with Crippen molar-refractivity contribution in [2.45, 2.75) is 6.54 Å². The molecule has 2 aromatic rings. The monoisotopic (exact) mass is 324 g/mol. The molecule has 18 heavy (non-hydrogen) atoms. The lowest BCUT2D eigenvalue weighted by Gasteiger charge is -2.17. The van der Waals surface area contributed by atoms with Crippen molar-refractivity contribution in [1.82, 2.24) is 4.98 Å². The zero-order chi connectivity index (χ0) is 13.1. The Morgan fingerprint density at radius 3 is 2.83 bits per heavy atom. The van der Waals surface area contributed by atoms with Gasteiger partial charge in [0, 0.05) is 33.5 Å². The van der Waals surface area contributed by atoms with Gasteiger partial charge in [0.25, 0.3) is 0 Å². The van der Waals surface area contributed by atoms with E-state index in [1.807, 2.05) is 19.2 Å². The van der Waals surface area contributed by atoms with Gasteiger partial charge in [0.15, 0.2) is 0 Å². The molecule has 0 spiro atoms. The number of hydrogen-bond donors (Lipinski definition) is 2. The van der Waals surface area contributed by atoms with Gasteiger partial charge >= 0.3 is 0 Å². The maximum absolute atomic E-state index is 7.32. The summed E-state index contributed by atoms with van der Waals surface area (Å²) < 4.78 is 1.11. The summed E-state index contributed by atoms with van der Waals surface area (Å²) in [4.78, 5) is 7.62. The predicted octanol–water partition coefficient (Wildman–Crippen LogP) is 2.83. The minimum atomic E-state index is 0.0406. The predicted molar refractivity (Wildman–Crippen MR) is 79.4 cm³/mol. The van der Waals surface area contributed by atoms with Crippen LogP contribution in [0.15, 0.2) is 34.2 Å². The first-order valence-electron chi connectivity index (χ1n) is 5.31. The quantitative estimate of drug-likeness (QED) is 0.671. The number of amidine groups is 1. The Morgan fingerprint density at radius 2 is 2.33 bits per heavy atom. The van der Waals surface area contributed by atoms with E-state index in [4.69, 9.17) is 11.1 Å². The number of halogens is 1. The van der Waals surface area contributed by atoms with Crippen LogP contribution in [0.4, 0.5) is 5.82 Å². The van der Waals surface area contributed by atoms with Crippen molar-refractivity contribution in [3.8, 4) is 0 Å². The zero-order valence-electron chi connectivity index (χ0n) is 9.85. The summed E-state index contributed by atoms with van der Waals surface area (Å²) >= 11 is 5.15. The van der Waals surface area contributed by atoms with E-state index in [1.54, 1.807) is 17.5 Å². The highest BCUT2D eigenvalue weighted by molar-refractivity contribution is 9.10. The maximum atomic E-state index is 7.32. The summed E-state index contributed by atoms with van der Waals surface area (Å²) in [6.07, 6.45) is 1.62. The fraction of sp³-hybridized carbons (Fsp3) is 0.167. The van der Waals surface area contributed by atoms with Gasteiger partial charge in [-0.05, 0) is 34.1 Å². The molecule has 0 aromatic carbocycles. The van der Waals surface area contributed by atoms with Gasteiger partial charge in [-0.2, -0.15) is 0 Å². The molecule has 2 rings (SSSR count). The Morgan fingerprint density at radius 1 is 1.56 bits per heavy atom. The average Bonchev–Trinajstić information content (AvgIpc) is 2.75. The number of nitrogen functional groups attached to an aromatic ring is 1. The van der Waals surface area contributed by atoms with Crippen LogP contribution in [0.1, 0.15) is 10.4 Å². The van der Waals surface area contributed by atoms with Gasteiger partial charge in [-0.15, -0.1) is 11.3 Å². The van der Waals surface area contributed by atoms with Crippen molar-refractivity contribution in [3.63, 3.8) is 0 Å². The number of nitrogens with one attached hydrogen (secondary N) is 1. The fourth-order valence-corrected chi connectivity index (χ4v) is 3.03. The van der Waals surface area contributed by atoms with Gasteiger partial charge in [-0.1, -0.05) is 0 Å². The largest absolute Gasteiger partial charge is 0.384 e. The molecule has 0 fully saturated rings. The Hall–Kier alpha value is -1.40. The number of pyridine rings is 1. The van der Waals surface area contributed by atoms with Crippen molar-refractivity contribution < 1.29 is 0 Å². The van der Waals surface area contributed by atoms with Crippen LogP contribution in [-0.4, -0.2) is 17.9 Å². The number of rotatable bonds is 4. The minimum Gasteiger partial charge on any atom is -0.384 e. The number of nitrogens with two attached hydrogens (primary N) is 1. The standard InChI is InChI=1S/C12H13BrN4S/c1-17(6-10-4-9(13)7-18-10)11-3-2-8(5-16-11)12(14)15/h2-5,7H,6H2,1H3,(H3,14,15). The number of anilines is 1. The van der Waals surface area contributed by atoms with E-state index in [9.17, 15) is 0 Å². The molecule has 2 heterocycles. The summed E-state index contributed by atoms with van der Waals surface area (Å²) in [5.74, 6) is 0.906. The number of thiophene rings is 1. The molecule has 0 aliphatic heterocycles. The molecule has 0 saturated carbocycles. The van der Waals surface area contributed by atoms with Gasteiger partial charge < -0.3 is 10.6 Å². The second kappa shape index (κ2) is 5.49. The van der Waals surface area contributed by atoms with Crippen molar-refractivity contribution in [3.05, 3.63) is 44.7 Å². The number of nitrogens with zero attached hydrogens (tertiary/aromatic N) is 2. The minimum absolute atomic E-state index is 0.0406. The smallest absolute Gasteiger partial charge is 0.128 e. The molecule has 0 atom stereocenters. The third-order valence-electron chi connectivity index (χ3n) is 2.46. The molecule has 3 N–H and O–H groups in total. The molecule has 0 amide bonds. The van der Waals surface area contributed by atoms with Crippen LogP contribution < -0.4 is 10.6 Å². The Bertz CT molecular complexity index is 549. The second-order valence-corrected chi connectivity index (χ2v) is 5.82. The van der Waals surface area contributed by atoms with Crippen LogP contribution >= 0.6 is 27.3 Å². The lowest BCUT2D eigenvalue weighted by Crippen LogP contribution is -2.18. The maximum Gasteiger partial charge on any atom is 0.128 e. The van der Waals surface area contributed by atoms with Crippen LogP contribution in [0.5, 0.6) is 0 Å². The van der Waals surface area contributed by atoms with Crippen LogP contribution in [-0.2, 0) is 6.54 Å². The van der Waals surface area contributed by atoms with Gasteiger partial charge in [0.05, 0.1) is 6.54 Å². The highest BCUT2D eigenvalue weighted by Gasteiger charge is 2.06. The van der Waals surface area contributed by atoms with Gasteiger partial charge in [0.1, 0.15) is 11.7 Å². The molecule has 2 aromatic heterocycles. The first kappa shape index (κ1) is 13.0. The van der Waals surface area contributed by atoms with Crippen LogP contribution in [0, 0.1) is 5.41 Å². The Kier molecular flexibility index (Phi) is 3.98. The normalized spacial score (nSPS) is 10.3. The van der Waals surface area contributed by atoms with Crippen LogP contribution in [0.3, 0.4) is 0 Å². The molecule has 0 saturated heterocycles. The molecular weight excluding hydrogens is 312 g/mol. The van der Waals surface area contributed by atoms with Crippen molar-refractivity contribution >= 4 is 38.9 Å². The molecule has 0 aliphatic carbocycles. The van der Waals surface area contributed by atoms with E-state index in [1.165, 1.54) is 4.88 Å². The summed E-state index contributed by atoms with van der Waals surface area (Å²) in [6, 6.07) is 5.79. The summed E-state index contributed by atoms with van der Waals surface area (Å²) in [5, 5.41) is 9.38. The third-order valence-corrected chi connectivity index (χ3v) is 4.15. The summed E-state index contributed by atoms with van der Waals surface area (Å²) in [5.41, 5.74) is 6.04. The first-order chi connectivity index (χ1) is 8.56. The first-order valence-corrected chi connectivity index (χ1v) is 6.98. The molecule has 6 heteroatoms. The zero-order valence-corrected chi connectivity index (χ0v) is 12.3. The van der Waals surface area contributed by atoms with E-state index in [0.717, 1.165) is 16.8 Å². The Labute approximate surface area is 118 Å². The van der Waals surface area contributed by atoms with E-state index in [0.29, 0.717) is 5.56 Å². The number of hydrogen-bond acceptors (Lipinski definition) is 4. The summed E-state index contributed by atoms with van der Waals surface area (Å²) in [7, 11) is 1.99. The van der Waals surface area contributed by atoms with Crippen LogP contribution in [0.25, 0.3) is 0 Å². The lowest BCUT2D eigenvalue weighted by molar-refractivity contribution is 0.912. The Balaban J connectivity index is 2.09. The number of aromatic nitrogens is 1. The lowest BCUT2D eigenvalue weighted by atomic mass is 10.2. The SMILES string of the molecule is CN(Cc1cc(Br)cs1)c1ccc(C(=N)N)cn1. The fourth-order valence-electron chi connectivity index (χ4n) is 1.52. The third kappa shape index (κ3) is 3.08. The highest BCUT2D eigenvalue weighted by atomic mass is 79.9. The molecule has 0 unspecified atom stereocenters. The second-order valence-electron chi connectivity index (χ2n) is 3.91. The van der Waals surface area contributed by atoms with Crippen molar-refractivity contribution in [2.75, 3.05) is 11.9 Å². The molecule has 94 valence electrons. The topological polar surface area (TPSA) is 66.0 Å². The van der Waals surface area contributed by atoms with Crippen LogP contribution in [0.2, 0.25) is 0 Å². The van der Waals surface area contributed by atoms with Gasteiger partial charge in [0.2, 0.25) is 0 Å².